The van der Waals surface area contributed by atoms with Crippen molar-refractivity contribution < 1.29 is 18.0 Å². The summed E-state index contributed by atoms with van der Waals surface area (Å²) in [5.41, 5.74) is 1.30. The average Bonchev–Trinajstić information content (AvgIpc) is 2.99. The number of anilines is 1. The molecule has 0 radical (unpaired) electrons. The second-order valence-electron chi connectivity index (χ2n) is 6.41. The summed E-state index contributed by atoms with van der Waals surface area (Å²) in [4.78, 5) is 24.2. The third-order valence-electron chi connectivity index (χ3n) is 4.52. The maximum Gasteiger partial charge on any atom is 0.228 e. The normalized spacial score (nSPS) is 13.4. The summed E-state index contributed by atoms with van der Waals surface area (Å²) in [6, 6.07) is 15.1. The fraction of sp³-hybridized carbons (Fsp3) is 0.100. The van der Waals surface area contributed by atoms with Crippen molar-refractivity contribution >= 4 is 49.6 Å². The lowest BCUT2D eigenvalue weighted by atomic mass is 10.1. The van der Waals surface area contributed by atoms with Crippen molar-refractivity contribution in [2.45, 2.75) is 11.3 Å². The van der Waals surface area contributed by atoms with E-state index in [-0.39, 0.29) is 27.8 Å². The summed E-state index contributed by atoms with van der Waals surface area (Å²) >= 11 is 6.14. The van der Waals surface area contributed by atoms with Gasteiger partial charge in [0.05, 0.1) is 16.3 Å². The van der Waals surface area contributed by atoms with Crippen LogP contribution in [-0.4, -0.2) is 25.9 Å². The van der Waals surface area contributed by atoms with E-state index in [1.807, 2.05) is 24.3 Å². The highest BCUT2D eigenvalue weighted by Gasteiger charge is 2.25. The molecular formula is C20H14ClNO4S. The van der Waals surface area contributed by atoms with Crippen LogP contribution >= 0.6 is 11.6 Å². The SMILES string of the molecule is O=C1Cc2cc(C(=O)CS(=O)(=O)c3ccc4ccccc4c3)c(Cl)cc2N1. The molecule has 3 aromatic carbocycles. The molecule has 0 unspecified atom stereocenters. The lowest BCUT2D eigenvalue weighted by Crippen LogP contribution is -2.17. The quantitative estimate of drug-likeness (QED) is 0.679. The zero-order valence-electron chi connectivity index (χ0n) is 14.0. The molecule has 0 aliphatic carbocycles. The van der Waals surface area contributed by atoms with Crippen molar-refractivity contribution in [3.8, 4) is 0 Å². The Morgan fingerprint density at radius 1 is 1.04 bits per heavy atom. The number of benzene rings is 3. The maximum absolute atomic E-state index is 12.7. The predicted octanol–water partition coefficient (Wildman–Crippen LogP) is 3.64. The number of carbonyl (C=O) groups is 2. The molecule has 136 valence electrons. The molecule has 27 heavy (non-hydrogen) atoms. The summed E-state index contributed by atoms with van der Waals surface area (Å²) < 4.78 is 25.5. The Hall–Kier alpha value is -2.70. The van der Waals surface area contributed by atoms with Gasteiger partial charge in [0, 0.05) is 11.3 Å². The van der Waals surface area contributed by atoms with Crippen molar-refractivity contribution in [2.75, 3.05) is 11.1 Å². The standard InChI is InChI=1S/C20H14ClNO4S/c21-17-10-18-14(9-20(24)22-18)8-16(17)19(23)11-27(25,26)15-6-5-12-3-1-2-4-13(12)7-15/h1-8,10H,9,11H2,(H,22,24). The van der Waals surface area contributed by atoms with Crippen molar-refractivity contribution in [3.05, 3.63) is 70.7 Å². The smallest absolute Gasteiger partial charge is 0.228 e. The van der Waals surface area contributed by atoms with Crippen molar-refractivity contribution in [2.24, 2.45) is 0 Å². The molecule has 1 amide bonds. The Bertz CT molecular complexity index is 1220. The van der Waals surface area contributed by atoms with Gasteiger partial charge in [-0.25, -0.2) is 8.42 Å². The largest absolute Gasteiger partial charge is 0.325 e. The lowest BCUT2D eigenvalue weighted by molar-refractivity contribution is -0.115. The van der Waals surface area contributed by atoms with Crippen LogP contribution in [-0.2, 0) is 21.1 Å². The monoisotopic (exact) mass is 399 g/mol. The van der Waals surface area contributed by atoms with E-state index < -0.39 is 21.4 Å². The summed E-state index contributed by atoms with van der Waals surface area (Å²) in [5.74, 6) is -1.48. The number of ketones is 1. The van der Waals surface area contributed by atoms with Crippen molar-refractivity contribution in [1.82, 2.24) is 0 Å². The van der Waals surface area contributed by atoms with Crippen LogP contribution < -0.4 is 5.32 Å². The molecule has 4 rings (SSSR count). The molecule has 1 N–H and O–H groups in total. The zero-order chi connectivity index (χ0) is 19.2. The average molecular weight is 400 g/mol. The Kier molecular flexibility index (Phi) is 4.25. The van der Waals surface area contributed by atoms with E-state index in [0.29, 0.717) is 11.3 Å². The number of halogens is 1. The van der Waals surface area contributed by atoms with Gasteiger partial charge in [-0.2, -0.15) is 0 Å². The first kappa shape index (κ1) is 17.7. The minimum atomic E-state index is -3.83. The number of carbonyl (C=O) groups excluding carboxylic acids is 2. The minimum Gasteiger partial charge on any atom is -0.325 e. The highest BCUT2D eigenvalue weighted by atomic mass is 35.5. The molecule has 0 aromatic heterocycles. The highest BCUT2D eigenvalue weighted by molar-refractivity contribution is 7.92. The van der Waals surface area contributed by atoms with E-state index in [1.54, 1.807) is 12.1 Å². The molecule has 3 aromatic rings. The second-order valence-corrected chi connectivity index (χ2v) is 8.80. The third kappa shape index (κ3) is 3.34. The number of rotatable bonds is 4. The fourth-order valence-electron chi connectivity index (χ4n) is 3.16. The van der Waals surface area contributed by atoms with E-state index in [1.165, 1.54) is 18.2 Å². The van der Waals surface area contributed by atoms with Crippen LogP contribution in [0.3, 0.4) is 0 Å². The van der Waals surface area contributed by atoms with Gasteiger partial charge in [-0.3, -0.25) is 9.59 Å². The first-order valence-corrected chi connectivity index (χ1v) is 10.2. The van der Waals surface area contributed by atoms with Crippen LogP contribution in [0.2, 0.25) is 5.02 Å². The van der Waals surface area contributed by atoms with E-state index in [4.69, 9.17) is 11.6 Å². The molecule has 0 saturated carbocycles. The van der Waals surface area contributed by atoms with Gasteiger partial charge in [-0.1, -0.05) is 41.9 Å². The number of hydrogen-bond donors (Lipinski definition) is 1. The summed E-state index contributed by atoms with van der Waals surface area (Å²) in [6.07, 6.45) is 0.143. The summed E-state index contributed by atoms with van der Waals surface area (Å²) in [6.45, 7) is 0. The number of fused-ring (bicyclic) bond motifs is 2. The Morgan fingerprint density at radius 3 is 2.56 bits per heavy atom. The number of nitrogens with one attached hydrogen (secondary N) is 1. The van der Waals surface area contributed by atoms with Gasteiger partial charge >= 0.3 is 0 Å². The minimum absolute atomic E-state index is 0.0867. The maximum atomic E-state index is 12.7. The van der Waals surface area contributed by atoms with Gasteiger partial charge in [0.15, 0.2) is 15.6 Å². The Balaban J connectivity index is 1.65. The van der Waals surface area contributed by atoms with Crippen LogP contribution in [0.25, 0.3) is 10.8 Å². The van der Waals surface area contributed by atoms with Gasteiger partial charge in [-0.15, -0.1) is 0 Å². The molecule has 0 spiro atoms. The molecule has 1 aliphatic rings. The molecule has 7 heteroatoms. The molecular weight excluding hydrogens is 386 g/mol. The number of Topliss-reactive ketones (excluding diaryl/α,β-unsaturated/α-hetero) is 1. The van der Waals surface area contributed by atoms with Crippen LogP contribution in [0.1, 0.15) is 15.9 Å². The fourth-order valence-corrected chi connectivity index (χ4v) is 4.67. The summed E-state index contributed by atoms with van der Waals surface area (Å²) in [5, 5.41) is 4.46. The van der Waals surface area contributed by atoms with Crippen LogP contribution in [0, 0.1) is 0 Å². The number of hydrogen-bond acceptors (Lipinski definition) is 4. The highest BCUT2D eigenvalue weighted by Crippen LogP contribution is 2.30. The van der Waals surface area contributed by atoms with E-state index in [9.17, 15) is 18.0 Å². The lowest BCUT2D eigenvalue weighted by Gasteiger charge is -2.09. The second kappa shape index (κ2) is 6.48. The first-order chi connectivity index (χ1) is 12.8. The predicted molar refractivity (Wildman–Crippen MR) is 104 cm³/mol. The molecule has 1 heterocycles. The van der Waals surface area contributed by atoms with Gasteiger partial charge in [0.1, 0.15) is 5.75 Å². The van der Waals surface area contributed by atoms with E-state index >= 15 is 0 Å². The van der Waals surface area contributed by atoms with Crippen LogP contribution in [0.5, 0.6) is 0 Å². The molecule has 0 atom stereocenters. The molecule has 1 aliphatic heterocycles. The molecule has 0 fully saturated rings. The number of sulfone groups is 1. The van der Waals surface area contributed by atoms with E-state index in [2.05, 4.69) is 5.32 Å². The molecule has 0 bridgehead atoms. The number of amides is 1. The molecule has 0 saturated heterocycles. The van der Waals surface area contributed by atoms with Crippen molar-refractivity contribution in [1.29, 1.82) is 0 Å². The van der Waals surface area contributed by atoms with Crippen LogP contribution in [0.15, 0.2) is 59.5 Å². The third-order valence-corrected chi connectivity index (χ3v) is 6.45. The zero-order valence-corrected chi connectivity index (χ0v) is 15.6. The Labute approximate surface area is 160 Å². The van der Waals surface area contributed by atoms with E-state index in [0.717, 1.165) is 10.8 Å². The topological polar surface area (TPSA) is 80.3 Å². The van der Waals surface area contributed by atoms with Gasteiger partial charge in [-0.05, 0) is 40.6 Å². The Morgan fingerprint density at radius 2 is 1.78 bits per heavy atom. The van der Waals surface area contributed by atoms with Gasteiger partial charge in [0.25, 0.3) is 0 Å². The molecule has 5 nitrogen and oxygen atoms in total. The van der Waals surface area contributed by atoms with Gasteiger partial charge in [0.2, 0.25) is 5.91 Å². The van der Waals surface area contributed by atoms with Gasteiger partial charge < -0.3 is 5.32 Å². The summed E-state index contributed by atoms with van der Waals surface area (Å²) in [7, 11) is -3.83. The first-order valence-electron chi connectivity index (χ1n) is 8.20. The van der Waals surface area contributed by atoms with Crippen molar-refractivity contribution in [3.63, 3.8) is 0 Å². The van der Waals surface area contributed by atoms with Crippen LogP contribution in [0.4, 0.5) is 5.69 Å².